The van der Waals surface area contributed by atoms with Gasteiger partial charge in [0.15, 0.2) is 0 Å². The Morgan fingerprint density at radius 2 is 1.17 bits per heavy atom. The van der Waals surface area contributed by atoms with Gasteiger partial charge in [-0.2, -0.15) is 0 Å². The van der Waals surface area contributed by atoms with E-state index in [1.807, 2.05) is 13.8 Å². The van der Waals surface area contributed by atoms with Crippen LogP contribution in [0.5, 0.6) is 5.75 Å². The molecule has 104 valence electrons. The van der Waals surface area contributed by atoms with Crippen LogP contribution in [0, 0.1) is 34.6 Å². The van der Waals surface area contributed by atoms with Crippen molar-refractivity contribution < 1.29 is 13.6 Å². The molecule has 0 heterocycles. The summed E-state index contributed by atoms with van der Waals surface area (Å²) in [4.78, 5) is 0. The maximum Gasteiger partial charge on any atom is 0.375 e. The van der Waals surface area contributed by atoms with Crippen LogP contribution in [0.15, 0.2) is 0 Å². The minimum absolute atomic E-state index is 0. The van der Waals surface area contributed by atoms with Crippen LogP contribution in [0.25, 0.3) is 0 Å². The van der Waals surface area contributed by atoms with Crippen LogP contribution in [0.3, 0.4) is 0 Å². The maximum absolute atomic E-state index is 11.9. The standard InChI is InChI=1S/C13H21O3P.CH4/c1-8-9(2)11(4)13(12(5)10(8)3)16-17(7,14)15-6;/h1-7H3;1H4. The van der Waals surface area contributed by atoms with Gasteiger partial charge in [-0.3, -0.25) is 0 Å². The van der Waals surface area contributed by atoms with Crippen LogP contribution >= 0.6 is 7.60 Å². The van der Waals surface area contributed by atoms with E-state index in [0.717, 1.165) is 11.1 Å². The van der Waals surface area contributed by atoms with E-state index in [4.69, 9.17) is 9.05 Å². The van der Waals surface area contributed by atoms with Crippen molar-refractivity contribution in [2.24, 2.45) is 0 Å². The Morgan fingerprint density at radius 3 is 1.50 bits per heavy atom. The summed E-state index contributed by atoms with van der Waals surface area (Å²) in [6, 6.07) is 0. The molecule has 0 aromatic heterocycles. The molecule has 0 amide bonds. The predicted molar refractivity (Wildman–Crippen MR) is 78.0 cm³/mol. The molecular weight excluding hydrogens is 247 g/mol. The molecular formula is C14H25O3P. The Balaban J connectivity index is 0.00000289. The highest BCUT2D eigenvalue weighted by molar-refractivity contribution is 7.53. The average molecular weight is 272 g/mol. The summed E-state index contributed by atoms with van der Waals surface area (Å²) in [6.07, 6.45) is 0. The molecule has 3 nitrogen and oxygen atoms in total. The second-order valence-electron chi connectivity index (χ2n) is 4.50. The molecule has 1 unspecified atom stereocenters. The van der Waals surface area contributed by atoms with Crippen LogP contribution in [-0.2, 0) is 9.09 Å². The van der Waals surface area contributed by atoms with Gasteiger partial charge in [0.1, 0.15) is 5.75 Å². The van der Waals surface area contributed by atoms with Crippen molar-refractivity contribution in [1.82, 2.24) is 0 Å². The summed E-state index contributed by atoms with van der Waals surface area (Å²) in [5.41, 5.74) is 5.68. The van der Waals surface area contributed by atoms with Gasteiger partial charge >= 0.3 is 7.60 Å². The highest BCUT2D eigenvalue weighted by Crippen LogP contribution is 2.46. The Kier molecular flexibility index (Phi) is 5.64. The maximum atomic E-state index is 11.9. The summed E-state index contributed by atoms with van der Waals surface area (Å²) in [5.74, 6) is 0.693. The molecule has 0 N–H and O–H groups in total. The fourth-order valence-electron chi connectivity index (χ4n) is 1.81. The molecule has 0 spiro atoms. The molecule has 4 heteroatoms. The first-order valence-electron chi connectivity index (χ1n) is 5.61. The SMILES string of the molecule is C.COP(C)(=O)Oc1c(C)c(C)c(C)c(C)c1C. The van der Waals surface area contributed by atoms with Gasteiger partial charge in [0, 0.05) is 13.8 Å². The molecule has 0 saturated carbocycles. The number of rotatable bonds is 3. The molecule has 0 aliphatic carbocycles. The van der Waals surface area contributed by atoms with E-state index < -0.39 is 7.60 Å². The minimum Gasteiger partial charge on any atom is -0.424 e. The molecule has 1 rings (SSSR count). The lowest BCUT2D eigenvalue weighted by Crippen LogP contribution is -2.02. The zero-order valence-electron chi connectivity index (χ0n) is 11.7. The molecule has 0 saturated heterocycles. The van der Waals surface area contributed by atoms with Gasteiger partial charge in [-0.15, -0.1) is 0 Å². The molecule has 0 bridgehead atoms. The van der Waals surface area contributed by atoms with E-state index in [2.05, 4.69) is 20.8 Å². The molecule has 1 aromatic rings. The van der Waals surface area contributed by atoms with Crippen LogP contribution in [0.1, 0.15) is 35.2 Å². The van der Waals surface area contributed by atoms with Crippen LogP contribution in [-0.4, -0.2) is 13.8 Å². The van der Waals surface area contributed by atoms with Gasteiger partial charge < -0.3 is 9.05 Å². The van der Waals surface area contributed by atoms with Gasteiger partial charge in [0.25, 0.3) is 0 Å². The van der Waals surface area contributed by atoms with Crippen molar-refractivity contribution in [1.29, 1.82) is 0 Å². The molecule has 0 radical (unpaired) electrons. The van der Waals surface area contributed by atoms with E-state index in [9.17, 15) is 4.57 Å². The lowest BCUT2D eigenvalue weighted by molar-refractivity contribution is 0.327. The minimum atomic E-state index is -3.00. The van der Waals surface area contributed by atoms with Crippen LogP contribution in [0.4, 0.5) is 0 Å². The molecule has 1 aromatic carbocycles. The van der Waals surface area contributed by atoms with Crippen molar-refractivity contribution in [2.45, 2.75) is 42.0 Å². The van der Waals surface area contributed by atoms with Crippen molar-refractivity contribution in [2.75, 3.05) is 13.8 Å². The molecule has 0 aliphatic heterocycles. The normalized spacial score (nSPS) is 13.7. The van der Waals surface area contributed by atoms with Gasteiger partial charge in [-0.1, -0.05) is 7.43 Å². The van der Waals surface area contributed by atoms with Crippen molar-refractivity contribution in [3.05, 3.63) is 27.8 Å². The number of hydrogen-bond acceptors (Lipinski definition) is 3. The van der Waals surface area contributed by atoms with E-state index in [-0.39, 0.29) is 7.43 Å². The van der Waals surface area contributed by atoms with Gasteiger partial charge in [-0.05, 0) is 62.4 Å². The van der Waals surface area contributed by atoms with Crippen LogP contribution < -0.4 is 4.52 Å². The Morgan fingerprint density at radius 1 is 0.833 bits per heavy atom. The third-order valence-electron chi connectivity index (χ3n) is 3.52. The van der Waals surface area contributed by atoms with Crippen LogP contribution in [0.2, 0.25) is 0 Å². The zero-order chi connectivity index (χ0) is 13.4. The van der Waals surface area contributed by atoms with E-state index >= 15 is 0 Å². The summed E-state index contributed by atoms with van der Waals surface area (Å²) in [6.45, 7) is 11.7. The summed E-state index contributed by atoms with van der Waals surface area (Å²) in [5, 5.41) is 0. The van der Waals surface area contributed by atoms with Crippen molar-refractivity contribution >= 4 is 7.60 Å². The molecule has 18 heavy (non-hydrogen) atoms. The smallest absolute Gasteiger partial charge is 0.375 e. The quantitative estimate of drug-likeness (QED) is 0.747. The second kappa shape index (κ2) is 5.90. The first-order chi connectivity index (χ1) is 7.71. The van der Waals surface area contributed by atoms with Gasteiger partial charge in [0.2, 0.25) is 0 Å². The lowest BCUT2D eigenvalue weighted by Gasteiger charge is -2.21. The van der Waals surface area contributed by atoms with Crippen molar-refractivity contribution in [3.63, 3.8) is 0 Å². The third kappa shape index (κ3) is 3.15. The zero-order valence-corrected chi connectivity index (χ0v) is 12.6. The Bertz CT molecular complexity index is 463. The summed E-state index contributed by atoms with van der Waals surface area (Å²) >= 11 is 0. The lowest BCUT2D eigenvalue weighted by atomic mass is 9.94. The predicted octanol–water partition coefficient (Wildman–Crippen LogP) is 4.71. The molecule has 0 aliphatic rings. The number of benzene rings is 1. The fraction of sp³-hybridized carbons (Fsp3) is 0.571. The van der Waals surface area contributed by atoms with Gasteiger partial charge in [0.05, 0.1) is 0 Å². The Hall–Kier alpha value is -0.790. The largest absolute Gasteiger partial charge is 0.424 e. The first kappa shape index (κ1) is 17.2. The monoisotopic (exact) mass is 272 g/mol. The first-order valence-corrected chi connectivity index (χ1v) is 7.60. The molecule has 0 fully saturated rings. The second-order valence-corrected chi connectivity index (χ2v) is 6.59. The van der Waals surface area contributed by atoms with Crippen molar-refractivity contribution in [3.8, 4) is 5.75 Å². The molecule has 1 atom stereocenters. The van der Waals surface area contributed by atoms with Gasteiger partial charge in [-0.25, -0.2) is 4.57 Å². The third-order valence-corrected chi connectivity index (χ3v) is 4.70. The Labute approximate surface area is 111 Å². The average Bonchev–Trinajstić information content (AvgIpc) is 2.30. The highest BCUT2D eigenvalue weighted by atomic mass is 31.2. The van der Waals surface area contributed by atoms with E-state index in [1.165, 1.54) is 30.5 Å². The summed E-state index contributed by atoms with van der Waals surface area (Å²) in [7, 11) is -1.60. The number of hydrogen-bond donors (Lipinski definition) is 0. The summed E-state index contributed by atoms with van der Waals surface area (Å²) < 4.78 is 22.4. The highest BCUT2D eigenvalue weighted by Gasteiger charge is 2.21. The van der Waals surface area contributed by atoms with E-state index in [1.54, 1.807) is 0 Å². The topological polar surface area (TPSA) is 35.5 Å². The fourth-order valence-corrected chi connectivity index (χ4v) is 2.49. The van der Waals surface area contributed by atoms with E-state index in [0.29, 0.717) is 5.75 Å².